The lowest BCUT2D eigenvalue weighted by molar-refractivity contribution is -0.112. The Morgan fingerprint density at radius 1 is 1.29 bits per heavy atom. The molecule has 4 nitrogen and oxygen atoms in total. The van der Waals surface area contributed by atoms with Gasteiger partial charge in [0.15, 0.2) is 0 Å². The van der Waals surface area contributed by atoms with Crippen molar-refractivity contribution in [3.05, 3.63) is 41.3 Å². The molecular formula is C24H37N3O. The normalized spacial score (nSPS) is 21.6. The number of nitrogens with two attached hydrogens (primary N) is 1. The Hall–Kier alpha value is -2.10. The Kier molecular flexibility index (Phi) is 6.42. The Morgan fingerprint density at radius 2 is 1.93 bits per heavy atom. The van der Waals surface area contributed by atoms with Gasteiger partial charge in [-0.3, -0.25) is 9.78 Å². The fourth-order valence-corrected chi connectivity index (χ4v) is 3.92. The van der Waals surface area contributed by atoms with Gasteiger partial charge in [0.2, 0.25) is 0 Å². The Labute approximate surface area is 170 Å². The molecule has 1 heterocycles. The molecule has 0 aromatic carbocycles. The van der Waals surface area contributed by atoms with E-state index in [4.69, 9.17) is 5.73 Å². The number of anilines is 2. The number of allylic oxidation sites excluding steroid dienone is 2. The first-order chi connectivity index (χ1) is 12.8. The number of nitrogens with zero attached hydrogens (tertiary/aromatic N) is 1. The van der Waals surface area contributed by atoms with Gasteiger partial charge in [-0.25, -0.2) is 0 Å². The predicted octanol–water partition coefficient (Wildman–Crippen LogP) is 5.90. The molecule has 0 fully saturated rings. The SMILES string of the molecule is Cc1ncc(NC(=O)C2=CCC(C)(C(C)C(C)(C)C)CC(C(C)C)=C2)cc1N. The predicted molar refractivity (Wildman–Crippen MR) is 119 cm³/mol. The maximum Gasteiger partial charge on any atom is 0.255 e. The topological polar surface area (TPSA) is 68.0 Å². The summed E-state index contributed by atoms with van der Waals surface area (Å²) in [5, 5.41) is 2.96. The number of hydrogen-bond donors (Lipinski definition) is 2. The summed E-state index contributed by atoms with van der Waals surface area (Å²) in [7, 11) is 0. The molecule has 1 aromatic rings. The molecule has 1 amide bonds. The molecular weight excluding hydrogens is 346 g/mol. The van der Waals surface area contributed by atoms with Crippen LogP contribution in [0, 0.1) is 29.6 Å². The Balaban J connectivity index is 2.33. The highest BCUT2D eigenvalue weighted by Gasteiger charge is 2.39. The largest absolute Gasteiger partial charge is 0.397 e. The van der Waals surface area contributed by atoms with Crippen LogP contribution in [0.25, 0.3) is 0 Å². The zero-order valence-electron chi connectivity index (χ0n) is 18.8. The van der Waals surface area contributed by atoms with E-state index in [1.165, 1.54) is 5.57 Å². The zero-order chi connectivity index (χ0) is 21.3. The van der Waals surface area contributed by atoms with Crippen molar-refractivity contribution in [1.82, 2.24) is 4.98 Å². The van der Waals surface area contributed by atoms with E-state index in [2.05, 4.69) is 70.9 Å². The Morgan fingerprint density at radius 3 is 2.46 bits per heavy atom. The van der Waals surface area contributed by atoms with E-state index in [0.717, 1.165) is 24.1 Å². The number of rotatable bonds is 4. The van der Waals surface area contributed by atoms with Gasteiger partial charge in [-0.1, -0.05) is 66.2 Å². The van der Waals surface area contributed by atoms with Crippen molar-refractivity contribution in [2.75, 3.05) is 11.1 Å². The summed E-state index contributed by atoms with van der Waals surface area (Å²) >= 11 is 0. The summed E-state index contributed by atoms with van der Waals surface area (Å²) in [6, 6.07) is 1.76. The number of carbonyl (C=O) groups is 1. The van der Waals surface area contributed by atoms with Crippen LogP contribution in [-0.2, 0) is 4.79 Å². The third kappa shape index (κ3) is 5.03. The van der Waals surface area contributed by atoms with Gasteiger partial charge in [-0.05, 0) is 48.5 Å². The molecule has 1 aliphatic rings. The summed E-state index contributed by atoms with van der Waals surface area (Å²) in [4.78, 5) is 17.2. The van der Waals surface area contributed by atoms with Crippen molar-refractivity contribution >= 4 is 17.3 Å². The van der Waals surface area contributed by atoms with Crippen LogP contribution in [0.15, 0.2) is 35.6 Å². The van der Waals surface area contributed by atoms with Crippen LogP contribution in [0.3, 0.4) is 0 Å². The van der Waals surface area contributed by atoms with Crippen molar-refractivity contribution in [2.24, 2.45) is 22.7 Å². The average molecular weight is 384 g/mol. The first-order valence-electron chi connectivity index (χ1n) is 10.3. The quantitative estimate of drug-likeness (QED) is 0.680. The fraction of sp³-hybridized carbons (Fsp3) is 0.583. The Bertz CT molecular complexity index is 799. The van der Waals surface area contributed by atoms with Crippen LogP contribution in [0.5, 0.6) is 0 Å². The van der Waals surface area contributed by atoms with E-state index < -0.39 is 0 Å². The molecule has 0 saturated carbocycles. The summed E-state index contributed by atoms with van der Waals surface area (Å²) < 4.78 is 0. The number of nitrogen functional groups attached to an aromatic ring is 1. The third-order valence-corrected chi connectivity index (χ3v) is 6.47. The summed E-state index contributed by atoms with van der Waals surface area (Å²) in [6.07, 6.45) is 7.74. The van der Waals surface area contributed by atoms with Gasteiger partial charge in [0, 0.05) is 5.57 Å². The molecule has 0 spiro atoms. The van der Waals surface area contributed by atoms with Crippen LogP contribution in [0.1, 0.15) is 67.0 Å². The van der Waals surface area contributed by atoms with Gasteiger partial charge in [0.05, 0.1) is 23.3 Å². The van der Waals surface area contributed by atoms with Gasteiger partial charge >= 0.3 is 0 Å². The second-order valence-corrected chi connectivity index (χ2v) is 10.0. The first kappa shape index (κ1) is 22.2. The molecule has 4 heteroatoms. The standard InChI is InChI=1S/C24H37N3O/c1-15(2)19-11-18(9-10-24(8,13-19)17(4)23(5,6)7)22(28)27-20-12-21(25)16(3)26-14-20/h9,11-12,14-15,17H,10,13,25H2,1-8H3,(H,27,28). The fourth-order valence-electron chi connectivity index (χ4n) is 3.92. The number of pyridine rings is 1. The number of nitrogens with one attached hydrogen (secondary N) is 1. The van der Waals surface area contributed by atoms with Crippen molar-refractivity contribution < 1.29 is 4.79 Å². The van der Waals surface area contributed by atoms with E-state index in [9.17, 15) is 4.79 Å². The molecule has 2 rings (SSSR count). The highest BCUT2D eigenvalue weighted by molar-refractivity contribution is 6.06. The van der Waals surface area contributed by atoms with Gasteiger partial charge < -0.3 is 11.1 Å². The molecule has 0 bridgehead atoms. The highest BCUT2D eigenvalue weighted by Crippen LogP contribution is 2.48. The van der Waals surface area contributed by atoms with Crippen LogP contribution in [0.2, 0.25) is 0 Å². The summed E-state index contributed by atoms with van der Waals surface area (Å²) in [6.45, 7) is 17.9. The lowest BCUT2D eigenvalue weighted by Crippen LogP contribution is -2.35. The van der Waals surface area contributed by atoms with Crippen LogP contribution >= 0.6 is 0 Å². The van der Waals surface area contributed by atoms with Crippen LogP contribution in [-0.4, -0.2) is 10.9 Å². The van der Waals surface area contributed by atoms with Crippen molar-refractivity contribution in [3.8, 4) is 0 Å². The van der Waals surface area contributed by atoms with E-state index in [1.807, 2.05) is 6.92 Å². The summed E-state index contributed by atoms with van der Waals surface area (Å²) in [5.74, 6) is 0.815. The number of aryl methyl sites for hydroxylation is 1. The van der Waals surface area contributed by atoms with E-state index in [-0.39, 0.29) is 16.7 Å². The molecule has 0 radical (unpaired) electrons. The minimum atomic E-state index is -0.101. The maximum absolute atomic E-state index is 13.0. The van der Waals surface area contributed by atoms with Gasteiger partial charge in [0.25, 0.3) is 5.91 Å². The highest BCUT2D eigenvalue weighted by atomic mass is 16.1. The molecule has 28 heavy (non-hydrogen) atoms. The number of aromatic nitrogens is 1. The number of carbonyl (C=O) groups excluding carboxylic acids is 1. The molecule has 2 atom stereocenters. The minimum absolute atomic E-state index is 0.101. The second-order valence-electron chi connectivity index (χ2n) is 10.0. The monoisotopic (exact) mass is 383 g/mol. The molecule has 0 aliphatic heterocycles. The second kappa shape index (κ2) is 8.10. The van der Waals surface area contributed by atoms with Gasteiger partial charge in [0.1, 0.15) is 0 Å². The first-order valence-corrected chi connectivity index (χ1v) is 10.3. The molecule has 2 unspecified atom stereocenters. The minimum Gasteiger partial charge on any atom is -0.397 e. The van der Waals surface area contributed by atoms with Gasteiger partial charge in [-0.2, -0.15) is 0 Å². The maximum atomic E-state index is 13.0. The van der Waals surface area contributed by atoms with E-state index in [1.54, 1.807) is 12.3 Å². The third-order valence-electron chi connectivity index (χ3n) is 6.47. The lowest BCUT2D eigenvalue weighted by Gasteiger charge is -2.43. The van der Waals surface area contributed by atoms with Crippen molar-refractivity contribution in [1.29, 1.82) is 0 Å². The lowest BCUT2D eigenvalue weighted by atomic mass is 9.62. The molecule has 1 aromatic heterocycles. The average Bonchev–Trinajstić information content (AvgIpc) is 2.77. The molecule has 1 aliphatic carbocycles. The molecule has 3 N–H and O–H groups in total. The zero-order valence-corrected chi connectivity index (χ0v) is 18.8. The number of amides is 1. The molecule has 0 saturated heterocycles. The van der Waals surface area contributed by atoms with Crippen LogP contribution in [0.4, 0.5) is 11.4 Å². The van der Waals surface area contributed by atoms with Crippen LogP contribution < -0.4 is 11.1 Å². The van der Waals surface area contributed by atoms with Crippen molar-refractivity contribution in [3.63, 3.8) is 0 Å². The molecule has 154 valence electrons. The van der Waals surface area contributed by atoms with E-state index in [0.29, 0.717) is 23.2 Å². The van der Waals surface area contributed by atoms with E-state index >= 15 is 0 Å². The smallest absolute Gasteiger partial charge is 0.255 e. The summed E-state index contributed by atoms with van der Waals surface area (Å²) in [5.41, 5.74) is 10.3. The van der Waals surface area contributed by atoms with Crippen molar-refractivity contribution in [2.45, 2.75) is 68.2 Å². The van der Waals surface area contributed by atoms with Gasteiger partial charge in [-0.15, -0.1) is 0 Å². The number of hydrogen-bond acceptors (Lipinski definition) is 3.